The summed E-state index contributed by atoms with van der Waals surface area (Å²) in [4.78, 5) is 25.2. The van der Waals surface area contributed by atoms with Crippen LogP contribution in [0.2, 0.25) is 0 Å². The molecule has 1 aromatic heterocycles. The molecular formula is C17H18FN3O3. The van der Waals surface area contributed by atoms with Crippen molar-refractivity contribution in [1.29, 1.82) is 0 Å². The van der Waals surface area contributed by atoms with E-state index in [9.17, 15) is 19.1 Å². The lowest BCUT2D eigenvalue weighted by Gasteiger charge is -2.32. The third kappa shape index (κ3) is 3.45. The number of carboxylic acids is 1. The molecule has 2 aromatic rings. The number of piperidine rings is 1. The quantitative estimate of drug-likeness (QED) is 0.930. The predicted octanol–water partition coefficient (Wildman–Crippen LogP) is 2.02. The second-order valence-electron chi connectivity index (χ2n) is 5.84. The first-order valence-electron chi connectivity index (χ1n) is 7.87. The summed E-state index contributed by atoms with van der Waals surface area (Å²) < 4.78 is 14.5. The summed E-state index contributed by atoms with van der Waals surface area (Å²) in [6.45, 7) is 0.467. The Hall–Kier alpha value is -2.70. The minimum atomic E-state index is -0.958. The number of carbonyl (C=O) groups is 2. The molecule has 0 unspecified atom stereocenters. The molecule has 1 saturated heterocycles. The van der Waals surface area contributed by atoms with Crippen LogP contribution in [-0.4, -0.2) is 44.3 Å². The van der Waals surface area contributed by atoms with E-state index in [-0.39, 0.29) is 18.1 Å². The molecule has 1 aliphatic heterocycles. The van der Waals surface area contributed by atoms with Gasteiger partial charge < -0.3 is 10.0 Å². The molecule has 0 spiro atoms. The molecule has 0 saturated carbocycles. The minimum Gasteiger partial charge on any atom is -0.480 e. The van der Waals surface area contributed by atoms with Crippen LogP contribution in [0.3, 0.4) is 0 Å². The van der Waals surface area contributed by atoms with Crippen LogP contribution in [0.15, 0.2) is 36.5 Å². The van der Waals surface area contributed by atoms with Crippen molar-refractivity contribution >= 4 is 11.9 Å². The van der Waals surface area contributed by atoms with Crippen LogP contribution in [0.5, 0.6) is 0 Å². The first-order chi connectivity index (χ1) is 11.5. The highest BCUT2D eigenvalue weighted by Crippen LogP contribution is 2.18. The fourth-order valence-corrected chi connectivity index (χ4v) is 2.94. The first kappa shape index (κ1) is 16.2. The Morgan fingerprint density at radius 2 is 1.96 bits per heavy atom. The zero-order valence-corrected chi connectivity index (χ0v) is 13.1. The normalized spacial score (nSPS) is 17.7. The van der Waals surface area contributed by atoms with E-state index in [1.807, 2.05) is 0 Å². The Kier molecular flexibility index (Phi) is 4.59. The molecule has 0 aliphatic carbocycles. The maximum atomic E-state index is 13.0. The van der Waals surface area contributed by atoms with Crippen LogP contribution in [0, 0.1) is 5.82 Å². The maximum Gasteiger partial charge on any atom is 0.326 e. The number of benzene rings is 1. The van der Waals surface area contributed by atoms with Gasteiger partial charge in [0.1, 0.15) is 11.9 Å². The summed E-state index contributed by atoms with van der Waals surface area (Å²) in [5, 5.41) is 13.6. The van der Waals surface area contributed by atoms with Crippen LogP contribution in [0.1, 0.15) is 25.0 Å². The van der Waals surface area contributed by atoms with Gasteiger partial charge in [0, 0.05) is 12.7 Å². The molecule has 1 fully saturated rings. The summed E-state index contributed by atoms with van der Waals surface area (Å²) in [5.74, 6) is -1.52. The number of amides is 1. The van der Waals surface area contributed by atoms with E-state index in [0.29, 0.717) is 24.3 Å². The van der Waals surface area contributed by atoms with Crippen molar-refractivity contribution in [2.45, 2.75) is 31.7 Å². The van der Waals surface area contributed by atoms with Crippen LogP contribution in [0.4, 0.5) is 4.39 Å². The van der Waals surface area contributed by atoms with E-state index in [0.717, 1.165) is 12.8 Å². The third-order valence-electron chi connectivity index (χ3n) is 4.18. The lowest BCUT2D eigenvalue weighted by Crippen LogP contribution is -2.48. The second kappa shape index (κ2) is 6.82. The highest BCUT2D eigenvalue weighted by atomic mass is 19.1. The number of hydrogen-bond acceptors (Lipinski definition) is 3. The summed E-state index contributed by atoms with van der Waals surface area (Å²) >= 11 is 0. The predicted molar refractivity (Wildman–Crippen MR) is 84.2 cm³/mol. The first-order valence-corrected chi connectivity index (χ1v) is 7.87. The highest BCUT2D eigenvalue weighted by molar-refractivity contribution is 5.85. The van der Waals surface area contributed by atoms with Gasteiger partial charge >= 0.3 is 5.97 Å². The summed E-state index contributed by atoms with van der Waals surface area (Å²) in [7, 11) is 0. The van der Waals surface area contributed by atoms with Crippen LogP contribution >= 0.6 is 0 Å². The van der Waals surface area contributed by atoms with Crippen LogP contribution in [-0.2, 0) is 16.0 Å². The molecule has 6 nitrogen and oxygen atoms in total. The maximum absolute atomic E-state index is 13.0. The Bertz CT molecular complexity index is 742. The molecule has 1 atom stereocenters. The van der Waals surface area contributed by atoms with Gasteiger partial charge in [-0.1, -0.05) is 0 Å². The summed E-state index contributed by atoms with van der Waals surface area (Å²) in [5.41, 5.74) is 1.25. The summed E-state index contributed by atoms with van der Waals surface area (Å²) in [6.07, 6.45) is 3.88. The van der Waals surface area contributed by atoms with E-state index in [2.05, 4.69) is 5.10 Å². The third-order valence-corrected chi connectivity index (χ3v) is 4.18. The molecule has 7 heteroatoms. The van der Waals surface area contributed by atoms with E-state index < -0.39 is 12.0 Å². The number of rotatable bonds is 4. The van der Waals surface area contributed by atoms with Gasteiger partial charge in [0.15, 0.2) is 0 Å². The van der Waals surface area contributed by atoms with Gasteiger partial charge in [-0.05, 0) is 49.6 Å². The average molecular weight is 331 g/mol. The number of carbonyl (C=O) groups excluding carboxylic acids is 1. The summed E-state index contributed by atoms with van der Waals surface area (Å²) in [6, 6.07) is 6.84. The fourth-order valence-electron chi connectivity index (χ4n) is 2.94. The van der Waals surface area contributed by atoms with E-state index in [4.69, 9.17) is 0 Å². The van der Waals surface area contributed by atoms with E-state index in [1.165, 1.54) is 17.0 Å². The molecule has 1 aliphatic rings. The SMILES string of the molecule is O=C(O)[C@H]1CCCCN1C(=O)Cc1ccn(-c2ccc(F)cc2)n1. The molecule has 126 valence electrons. The molecular weight excluding hydrogens is 313 g/mol. The number of aliphatic carboxylic acids is 1. The van der Waals surface area contributed by atoms with Gasteiger partial charge in [0.2, 0.25) is 5.91 Å². The van der Waals surface area contributed by atoms with Crippen LogP contribution in [0.25, 0.3) is 5.69 Å². The van der Waals surface area contributed by atoms with Gasteiger partial charge in [0.05, 0.1) is 17.8 Å². The zero-order chi connectivity index (χ0) is 17.1. The number of aromatic nitrogens is 2. The molecule has 1 aromatic carbocycles. The molecule has 0 radical (unpaired) electrons. The van der Waals surface area contributed by atoms with E-state index in [1.54, 1.807) is 29.1 Å². The average Bonchev–Trinajstić information content (AvgIpc) is 3.04. The standard InChI is InChI=1S/C17H18FN3O3/c18-12-4-6-14(7-5-12)21-10-8-13(19-21)11-16(22)20-9-2-1-3-15(20)17(23)24/h4-8,10,15H,1-3,9,11H2,(H,23,24)/t15-/m1/s1. The minimum absolute atomic E-state index is 0.0535. The lowest BCUT2D eigenvalue weighted by molar-refractivity contribution is -0.151. The van der Waals surface area contributed by atoms with Gasteiger partial charge in [-0.2, -0.15) is 5.10 Å². The topological polar surface area (TPSA) is 75.4 Å². The van der Waals surface area contributed by atoms with Crippen molar-refractivity contribution in [3.05, 3.63) is 48.0 Å². The van der Waals surface area contributed by atoms with Crippen molar-refractivity contribution in [2.24, 2.45) is 0 Å². The van der Waals surface area contributed by atoms with Crippen molar-refractivity contribution < 1.29 is 19.1 Å². The van der Waals surface area contributed by atoms with Crippen molar-refractivity contribution in [3.63, 3.8) is 0 Å². The van der Waals surface area contributed by atoms with Gasteiger partial charge in [-0.15, -0.1) is 0 Å². The molecule has 3 rings (SSSR count). The number of likely N-dealkylation sites (tertiary alicyclic amines) is 1. The van der Waals surface area contributed by atoms with Crippen molar-refractivity contribution in [2.75, 3.05) is 6.54 Å². The Morgan fingerprint density at radius 3 is 2.67 bits per heavy atom. The van der Waals surface area contributed by atoms with Crippen molar-refractivity contribution in [3.8, 4) is 5.69 Å². The Balaban J connectivity index is 1.70. The number of halogens is 1. The molecule has 2 heterocycles. The van der Waals surface area contributed by atoms with Gasteiger partial charge in [-0.3, -0.25) is 4.79 Å². The Labute approximate surface area is 138 Å². The smallest absolute Gasteiger partial charge is 0.326 e. The van der Waals surface area contributed by atoms with E-state index >= 15 is 0 Å². The molecule has 24 heavy (non-hydrogen) atoms. The number of carboxylic acid groups (broad SMARTS) is 1. The van der Waals surface area contributed by atoms with Gasteiger partial charge in [-0.25, -0.2) is 13.9 Å². The highest BCUT2D eigenvalue weighted by Gasteiger charge is 2.31. The monoisotopic (exact) mass is 331 g/mol. The molecule has 1 N–H and O–H groups in total. The number of nitrogens with zero attached hydrogens (tertiary/aromatic N) is 3. The van der Waals surface area contributed by atoms with Crippen LogP contribution < -0.4 is 0 Å². The zero-order valence-electron chi connectivity index (χ0n) is 13.1. The molecule has 0 bridgehead atoms. The van der Waals surface area contributed by atoms with Gasteiger partial charge in [0.25, 0.3) is 0 Å². The largest absolute Gasteiger partial charge is 0.480 e. The Morgan fingerprint density at radius 1 is 1.21 bits per heavy atom. The fraction of sp³-hybridized carbons (Fsp3) is 0.353. The lowest BCUT2D eigenvalue weighted by atomic mass is 10.0. The van der Waals surface area contributed by atoms with Crippen molar-refractivity contribution in [1.82, 2.24) is 14.7 Å². The molecule has 1 amide bonds. The second-order valence-corrected chi connectivity index (χ2v) is 5.84. The number of hydrogen-bond donors (Lipinski definition) is 1.